The van der Waals surface area contributed by atoms with Crippen LogP contribution in [-0.4, -0.2) is 34.7 Å². The van der Waals surface area contributed by atoms with Gasteiger partial charge in [-0.15, -0.1) is 0 Å². The SMILES string of the molecule is CCCCCCCCOC(=O)C(C)(C(=O)O)C(=O)O. The molecule has 6 heteroatoms. The lowest BCUT2D eigenvalue weighted by Crippen LogP contribution is -2.45. The molecular weight excluding hydrogens is 252 g/mol. The fourth-order valence-corrected chi connectivity index (χ4v) is 1.46. The molecule has 6 nitrogen and oxygen atoms in total. The molecule has 110 valence electrons. The number of esters is 1. The highest BCUT2D eigenvalue weighted by Gasteiger charge is 2.51. The molecule has 0 atom stereocenters. The Bertz CT molecular complexity index is 309. The third-order valence-electron chi connectivity index (χ3n) is 2.99. The zero-order valence-electron chi connectivity index (χ0n) is 11.5. The average Bonchev–Trinajstić information content (AvgIpc) is 2.35. The summed E-state index contributed by atoms with van der Waals surface area (Å²) in [6, 6.07) is 0. The number of carboxylic acid groups (broad SMARTS) is 2. The van der Waals surface area contributed by atoms with Crippen LogP contribution in [0.25, 0.3) is 0 Å². The minimum atomic E-state index is -2.53. The van der Waals surface area contributed by atoms with Crippen LogP contribution in [0, 0.1) is 5.41 Å². The minimum Gasteiger partial charge on any atom is -0.480 e. The molecule has 0 aliphatic heterocycles. The van der Waals surface area contributed by atoms with Crippen LogP contribution in [-0.2, 0) is 19.1 Å². The Balaban J connectivity index is 4.03. The number of carbonyl (C=O) groups excluding carboxylic acids is 1. The Morgan fingerprint density at radius 2 is 1.42 bits per heavy atom. The molecule has 0 saturated heterocycles. The highest BCUT2D eigenvalue weighted by molar-refractivity contribution is 6.16. The van der Waals surface area contributed by atoms with Crippen LogP contribution in [0.1, 0.15) is 52.4 Å². The van der Waals surface area contributed by atoms with Crippen molar-refractivity contribution in [2.75, 3.05) is 6.61 Å². The van der Waals surface area contributed by atoms with Gasteiger partial charge in [0.05, 0.1) is 6.61 Å². The molecule has 0 fully saturated rings. The number of unbranched alkanes of at least 4 members (excludes halogenated alkanes) is 5. The number of aliphatic carboxylic acids is 2. The summed E-state index contributed by atoms with van der Waals surface area (Å²) in [5, 5.41) is 17.6. The van der Waals surface area contributed by atoms with Crippen molar-refractivity contribution >= 4 is 17.9 Å². The van der Waals surface area contributed by atoms with E-state index in [9.17, 15) is 14.4 Å². The Morgan fingerprint density at radius 3 is 1.89 bits per heavy atom. The number of hydrogen-bond donors (Lipinski definition) is 2. The maximum atomic E-state index is 11.5. The lowest BCUT2D eigenvalue weighted by Gasteiger charge is -2.17. The number of hydrogen-bond acceptors (Lipinski definition) is 4. The van der Waals surface area contributed by atoms with Gasteiger partial charge in [0, 0.05) is 0 Å². The van der Waals surface area contributed by atoms with Crippen molar-refractivity contribution in [2.24, 2.45) is 5.41 Å². The summed E-state index contributed by atoms with van der Waals surface area (Å²) in [6.07, 6.45) is 5.95. The molecule has 19 heavy (non-hydrogen) atoms. The minimum absolute atomic E-state index is 0.0567. The van der Waals surface area contributed by atoms with Crippen LogP contribution in [0.3, 0.4) is 0 Å². The van der Waals surface area contributed by atoms with E-state index >= 15 is 0 Å². The van der Waals surface area contributed by atoms with E-state index in [2.05, 4.69) is 6.92 Å². The monoisotopic (exact) mass is 274 g/mol. The molecule has 0 unspecified atom stereocenters. The Hall–Kier alpha value is -1.59. The zero-order chi connectivity index (χ0) is 14.9. The van der Waals surface area contributed by atoms with E-state index < -0.39 is 23.3 Å². The number of carbonyl (C=O) groups is 3. The van der Waals surface area contributed by atoms with Gasteiger partial charge in [-0.3, -0.25) is 14.4 Å². The normalized spacial score (nSPS) is 11.1. The van der Waals surface area contributed by atoms with Crippen molar-refractivity contribution in [3.05, 3.63) is 0 Å². The maximum Gasteiger partial charge on any atom is 0.334 e. The van der Waals surface area contributed by atoms with Gasteiger partial charge in [-0.2, -0.15) is 0 Å². The van der Waals surface area contributed by atoms with Crippen LogP contribution in [0.2, 0.25) is 0 Å². The van der Waals surface area contributed by atoms with Gasteiger partial charge in [0.15, 0.2) is 0 Å². The highest BCUT2D eigenvalue weighted by atomic mass is 16.5. The van der Waals surface area contributed by atoms with Gasteiger partial charge >= 0.3 is 17.9 Å². The van der Waals surface area contributed by atoms with E-state index in [4.69, 9.17) is 14.9 Å². The van der Waals surface area contributed by atoms with Crippen molar-refractivity contribution in [3.63, 3.8) is 0 Å². The Kier molecular flexibility index (Phi) is 7.79. The van der Waals surface area contributed by atoms with Gasteiger partial charge in [-0.25, -0.2) is 0 Å². The summed E-state index contributed by atoms with van der Waals surface area (Å²) in [7, 11) is 0. The topological polar surface area (TPSA) is 101 Å². The van der Waals surface area contributed by atoms with E-state index in [1.54, 1.807) is 0 Å². The predicted octanol–water partition coefficient (Wildman–Crippen LogP) is 2.07. The Morgan fingerprint density at radius 1 is 0.947 bits per heavy atom. The molecule has 0 saturated carbocycles. The van der Waals surface area contributed by atoms with Gasteiger partial charge < -0.3 is 14.9 Å². The smallest absolute Gasteiger partial charge is 0.334 e. The van der Waals surface area contributed by atoms with E-state index in [-0.39, 0.29) is 6.61 Å². The van der Waals surface area contributed by atoms with Crippen molar-refractivity contribution < 1.29 is 29.3 Å². The second-order valence-corrected chi connectivity index (χ2v) is 4.64. The van der Waals surface area contributed by atoms with Crippen LogP contribution in [0.5, 0.6) is 0 Å². The molecule has 0 rings (SSSR count). The molecule has 0 aliphatic carbocycles. The van der Waals surface area contributed by atoms with Gasteiger partial charge in [0.25, 0.3) is 5.41 Å². The number of rotatable bonds is 10. The lowest BCUT2D eigenvalue weighted by atomic mass is 9.91. The quantitative estimate of drug-likeness (QED) is 0.359. The van der Waals surface area contributed by atoms with Crippen molar-refractivity contribution in [2.45, 2.75) is 52.4 Å². The predicted molar refractivity (Wildman–Crippen MR) is 67.7 cm³/mol. The Labute approximate surface area is 112 Å². The van der Waals surface area contributed by atoms with Gasteiger partial charge in [0.1, 0.15) is 0 Å². The summed E-state index contributed by atoms with van der Waals surface area (Å²) < 4.78 is 4.74. The first kappa shape index (κ1) is 17.4. The number of ether oxygens (including phenoxy) is 1. The van der Waals surface area contributed by atoms with Crippen molar-refractivity contribution in [1.29, 1.82) is 0 Å². The van der Waals surface area contributed by atoms with E-state index in [0.717, 1.165) is 39.0 Å². The van der Waals surface area contributed by atoms with Crippen LogP contribution < -0.4 is 0 Å². The molecule has 0 aromatic carbocycles. The van der Waals surface area contributed by atoms with Crippen LogP contribution in [0.15, 0.2) is 0 Å². The summed E-state index contributed by atoms with van der Waals surface area (Å²) >= 11 is 0. The molecule has 0 bridgehead atoms. The molecule has 0 aliphatic rings. The summed E-state index contributed by atoms with van der Waals surface area (Å²) in [4.78, 5) is 33.2. The molecule has 0 amide bonds. The first-order valence-electron chi connectivity index (χ1n) is 6.51. The van der Waals surface area contributed by atoms with Crippen molar-refractivity contribution in [1.82, 2.24) is 0 Å². The summed E-state index contributed by atoms with van der Waals surface area (Å²) in [6.45, 7) is 3.00. The first-order valence-corrected chi connectivity index (χ1v) is 6.51. The first-order chi connectivity index (χ1) is 8.87. The second kappa shape index (κ2) is 8.50. The van der Waals surface area contributed by atoms with E-state index in [0.29, 0.717) is 6.42 Å². The average molecular weight is 274 g/mol. The van der Waals surface area contributed by atoms with Crippen LogP contribution in [0.4, 0.5) is 0 Å². The van der Waals surface area contributed by atoms with Crippen molar-refractivity contribution in [3.8, 4) is 0 Å². The molecule has 0 aromatic rings. The second-order valence-electron chi connectivity index (χ2n) is 4.64. The third kappa shape index (κ3) is 5.28. The van der Waals surface area contributed by atoms with E-state index in [1.807, 2.05) is 0 Å². The third-order valence-corrected chi connectivity index (χ3v) is 2.99. The summed E-state index contributed by atoms with van der Waals surface area (Å²) in [5.41, 5.74) is -2.53. The molecular formula is C13H22O6. The standard InChI is InChI=1S/C13H22O6/c1-3-4-5-6-7-8-9-19-12(18)13(2,10(14)15)11(16)17/h3-9H2,1-2H3,(H,14,15)(H,16,17). The van der Waals surface area contributed by atoms with E-state index in [1.165, 1.54) is 0 Å². The largest absolute Gasteiger partial charge is 0.480 e. The molecule has 0 radical (unpaired) electrons. The van der Waals surface area contributed by atoms with Crippen LogP contribution >= 0.6 is 0 Å². The zero-order valence-corrected chi connectivity index (χ0v) is 11.5. The van der Waals surface area contributed by atoms with Gasteiger partial charge in [-0.05, 0) is 13.3 Å². The molecule has 0 heterocycles. The fraction of sp³-hybridized carbons (Fsp3) is 0.769. The maximum absolute atomic E-state index is 11.5. The van der Waals surface area contributed by atoms with Gasteiger partial charge in [0.2, 0.25) is 0 Å². The molecule has 2 N–H and O–H groups in total. The molecule has 0 spiro atoms. The molecule has 0 aromatic heterocycles. The highest BCUT2D eigenvalue weighted by Crippen LogP contribution is 2.19. The fourth-order valence-electron chi connectivity index (χ4n) is 1.46. The number of carboxylic acids is 2. The summed E-state index contributed by atoms with van der Waals surface area (Å²) in [5.74, 6) is -4.65. The lowest BCUT2D eigenvalue weighted by molar-refractivity contribution is -0.177. The van der Waals surface area contributed by atoms with Gasteiger partial charge in [-0.1, -0.05) is 39.0 Å².